The van der Waals surface area contributed by atoms with Crippen LogP contribution in [0.15, 0.2) is 249 Å². The minimum Gasteiger partial charge on any atom is -0.309 e. The van der Waals surface area contributed by atoms with Gasteiger partial charge in [-0.15, -0.1) is 0 Å². The number of para-hydroxylation sites is 2. The van der Waals surface area contributed by atoms with E-state index in [1.165, 1.54) is 133 Å². The molecule has 18 rings (SSSR count). The van der Waals surface area contributed by atoms with Crippen LogP contribution in [0.25, 0.3) is 149 Å². The molecule has 83 heavy (non-hydrogen) atoms. The Morgan fingerprint density at radius 1 is 0.277 bits per heavy atom. The summed E-state index contributed by atoms with van der Waals surface area (Å²) in [6.45, 7) is 9.45. The highest BCUT2D eigenvalue weighted by molar-refractivity contribution is 6.15. The molecule has 0 bridgehead atoms. The standard InChI is InChI=1S/C78H53N5/c1-77(2)65-19-9-5-15-55(65)57-31-29-52(43-67(57)77)81-69-21-11-7-17-59(69)61-39-47(25-33-71(61)81)49-27-35-73-63(41-49)64-42-50(28-36-74(64)83(73)54-38-51-24-23-46-14-13-37-79-75(46)76(51)80-45-54)48-26-34-72-62(40-48)60-18-8-12-22-70(60)82(72)53-30-32-58-56-16-6-10-20-66(56)78(3,4)68(58)44-53/h5-45H,1-4H3. The molecular formula is C78H53N5. The van der Waals surface area contributed by atoms with Crippen molar-refractivity contribution >= 4 is 87.2 Å². The molecule has 5 aromatic heterocycles. The summed E-state index contributed by atoms with van der Waals surface area (Å²) in [5.74, 6) is 0. The SMILES string of the molecule is CC1(C)c2ccccc2-c2ccc(-n3c4ccccc4c4cc(-c5ccc6c(c5)c5cc(-c7ccc8c(c7)c7ccccc7n8-c7ccc8c(c7)C(C)(C)c7ccccc7-8)ccc5n6-c5cnc6c(ccc7cccnc76)c5)ccc43)cc21. The summed E-state index contributed by atoms with van der Waals surface area (Å²) < 4.78 is 7.32. The van der Waals surface area contributed by atoms with E-state index in [2.05, 4.69) is 272 Å². The van der Waals surface area contributed by atoms with E-state index in [1.54, 1.807) is 0 Å². The fourth-order valence-corrected chi connectivity index (χ4v) is 15.0. The first-order valence-electron chi connectivity index (χ1n) is 28.9. The summed E-state index contributed by atoms with van der Waals surface area (Å²) in [6, 6.07) is 88.6. The van der Waals surface area contributed by atoms with Crippen molar-refractivity contribution in [3.05, 3.63) is 271 Å². The van der Waals surface area contributed by atoms with Gasteiger partial charge in [0.2, 0.25) is 0 Å². The molecule has 390 valence electrons. The van der Waals surface area contributed by atoms with Crippen molar-refractivity contribution in [1.82, 2.24) is 23.7 Å². The molecule has 0 unspecified atom stereocenters. The van der Waals surface area contributed by atoms with E-state index in [0.29, 0.717) is 0 Å². The monoisotopic (exact) mass is 1060 g/mol. The molecule has 0 N–H and O–H groups in total. The number of hydrogen-bond acceptors (Lipinski definition) is 2. The fraction of sp³-hybridized carbons (Fsp3) is 0.0769. The number of pyridine rings is 2. The Morgan fingerprint density at radius 2 is 0.675 bits per heavy atom. The molecular weight excluding hydrogens is 1010 g/mol. The lowest BCUT2D eigenvalue weighted by Gasteiger charge is -2.22. The van der Waals surface area contributed by atoms with Crippen molar-refractivity contribution in [2.75, 3.05) is 0 Å². The average molecular weight is 1060 g/mol. The van der Waals surface area contributed by atoms with Gasteiger partial charge in [0, 0.05) is 71.5 Å². The van der Waals surface area contributed by atoms with E-state index in [9.17, 15) is 0 Å². The third-order valence-electron chi connectivity index (χ3n) is 19.1. The summed E-state index contributed by atoms with van der Waals surface area (Å²) in [7, 11) is 0. The zero-order chi connectivity index (χ0) is 55.0. The van der Waals surface area contributed by atoms with Gasteiger partial charge in [-0.1, -0.05) is 167 Å². The second kappa shape index (κ2) is 16.6. The largest absolute Gasteiger partial charge is 0.309 e. The molecule has 2 aliphatic rings. The molecule has 5 nitrogen and oxygen atoms in total. The Bertz CT molecular complexity index is 5240. The molecule has 0 spiro atoms. The van der Waals surface area contributed by atoms with Crippen molar-refractivity contribution in [2.45, 2.75) is 38.5 Å². The second-order valence-corrected chi connectivity index (χ2v) is 24.2. The Kier molecular flexibility index (Phi) is 9.29. The first kappa shape index (κ1) is 46.4. The van der Waals surface area contributed by atoms with Crippen molar-refractivity contribution in [3.63, 3.8) is 0 Å². The van der Waals surface area contributed by atoms with Crippen LogP contribution in [-0.4, -0.2) is 23.7 Å². The van der Waals surface area contributed by atoms with Gasteiger partial charge in [0.1, 0.15) is 0 Å². The zero-order valence-electron chi connectivity index (χ0n) is 46.4. The van der Waals surface area contributed by atoms with Crippen LogP contribution in [0.3, 0.4) is 0 Å². The minimum absolute atomic E-state index is 0.0987. The lowest BCUT2D eigenvalue weighted by molar-refractivity contribution is 0.660. The van der Waals surface area contributed by atoms with E-state index >= 15 is 0 Å². The van der Waals surface area contributed by atoms with Crippen LogP contribution in [0, 0.1) is 0 Å². The van der Waals surface area contributed by atoms with Crippen LogP contribution in [0.2, 0.25) is 0 Å². The summed E-state index contributed by atoms with van der Waals surface area (Å²) in [6.07, 6.45) is 3.87. The van der Waals surface area contributed by atoms with Crippen molar-refractivity contribution in [1.29, 1.82) is 0 Å². The molecule has 0 radical (unpaired) electrons. The topological polar surface area (TPSA) is 40.6 Å². The van der Waals surface area contributed by atoms with Crippen molar-refractivity contribution < 1.29 is 0 Å². The maximum absolute atomic E-state index is 5.14. The molecule has 5 heterocycles. The van der Waals surface area contributed by atoms with Gasteiger partial charge in [-0.3, -0.25) is 9.97 Å². The highest BCUT2D eigenvalue weighted by Gasteiger charge is 2.37. The van der Waals surface area contributed by atoms with Crippen LogP contribution in [-0.2, 0) is 10.8 Å². The molecule has 16 aromatic rings. The minimum atomic E-state index is -0.0987. The third-order valence-corrected chi connectivity index (χ3v) is 19.1. The maximum atomic E-state index is 5.14. The van der Waals surface area contributed by atoms with Gasteiger partial charge in [-0.25, -0.2) is 0 Å². The number of rotatable bonds is 5. The van der Waals surface area contributed by atoms with Crippen LogP contribution in [0.4, 0.5) is 0 Å². The molecule has 0 atom stereocenters. The normalized spacial score (nSPS) is 14.0. The van der Waals surface area contributed by atoms with E-state index in [-0.39, 0.29) is 10.8 Å². The van der Waals surface area contributed by atoms with Crippen molar-refractivity contribution in [3.8, 4) is 61.6 Å². The summed E-state index contributed by atoms with van der Waals surface area (Å²) in [5.41, 5.74) is 27.6. The van der Waals surface area contributed by atoms with Gasteiger partial charge < -0.3 is 13.7 Å². The molecule has 5 heteroatoms. The Morgan fingerprint density at radius 3 is 1.18 bits per heavy atom. The number of hydrogen-bond donors (Lipinski definition) is 0. The van der Waals surface area contributed by atoms with Gasteiger partial charge in [0.25, 0.3) is 0 Å². The molecule has 0 fully saturated rings. The lowest BCUT2D eigenvalue weighted by Crippen LogP contribution is -2.15. The smallest absolute Gasteiger partial charge is 0.0966 e. The van der Waals surface area contributed by atoms with Crippen LogP contribution < -0.4 is 0 Å². The van der Waals surface area contributed by atoms with Gasteiger partial charge in [0.15, 0.2) is 0 Å². The van der Waals surface area contributed by atoms with Gasteiger partial charge in [-0.05, 0) is 164 Å². The van der Waals surface area contributed by atoms with Crippen LogP contribution in [0.5, 0.6) is 0 Å². The summed E-state index contributed by atoms with van der Waals surface area (Å²) >= 11 is 0. The van der Waals surface area contributed by atoms with E-state index in [1.807, 2.05) is 18.5 Å². The maximum Gasteiger partial charge on any atom is 0.0966 e. The number of fused-ring (bicyclic) bond motifs is 18. The summed E-state index contributed by atoms with van der Waals surface area (Å²) in [5, 5.41) is 9.45. The molecule has 0 saturated carbocycles. The predicted molar refractivity (Wildman–Crippen MR) is 346 cm³/mol. The number of nitrogens with zero attached hydrogens (tertiary/aromatic N) is 5. The van der Waals surface area contributed by atoms with E-state index < -0.39 is 0 Å². The summed E-state index contributed by atoms with van der Waals surface area (Å²) in [4.78, 5) is 9.90. The quantitative estimate of drug-likeness (QED) is 0.161. The van der Waals surface area contributed by atoms with E-state index in [4.69, 9.17) is 9.97 Å². The predicted octanol–water partition coefficient (Wildman–Crippen LogP) is 20.0. The van der Waals surface area contributed by atoms with E-state index in [0.717, 1.165) is 38.5 Å². The van der Waals surface area contributed by atoms with Crippen molar-refractivity contribution in [2.24, 2.45) is 0 Å². The average Bonchev–Trinajstić information content (AvgIpc) is 4.44. The molecule has 0 saturated heterocycles. The Labute approximate surface area is 479 Å². The number of aromatic nitrogens is 5. The fourth-order valence-electron chi connectivity index (χ4n) is 15.0. The highest BCUT2D eigenvalue weighted by Crippen LogP contribution is 2.52. The zero-order valence-corrected chi connectivity index (χ0v) is 46.4. The van der Waals surface area contributed by atoms with Gasteiger partial charge >= 0.3 is 0 Å². The molecule has 0 aliphatic heterocycles. The Hall–Kier alpha value is -10.4. The lowest BCUT2D eigenvalue weighted by atomic mass is 9.82. The van der Waals surface area contributed by atoms with Gasteiger partial charge in [0.05, 0.1) is 56.0 Å². The van der Waals surface area contributed by atoms with Gasteiger partial charge in [-0.2, -0.15) is 0 Å². The Balaban J connectivity index is 0.798. The second-order valence-electron chi connectivity index (χ2n) is 24.2. The van der Waals surface area contributed by atoms with Crippen LogP contribution in [0.1, 0.15) is 49.9 Å². The molecule has 11 aromatic carbocycles. The molecule has 0 amide bonds. The number of benzene rings is 11. The first-order valence-corrected chi connectivity index (χ1v) is 28.9. The first-order chi connectivity index (χ1) is 40.7. The third kappa shape index (κ3) is 6.42. The molecule has 2 aliphatic carbocycles. The highest BCUT2D eigenvalue weighted by atomic mass is 15.0. The van der Waals surface area contributed by atoms with Crippen LogP contribution >= 0.6 is 0 Å².